The Labute approximate surface area is 120 Å². The van der Waals surface area contributed by atoms with Gasteiger partial charge in [-0.2, -0.15) is 0 Å². The van der Waals surface area contributed by atoms with E-state index in [4.69, 9.17) is 10.5 Å². The Morgan fingerprint density at radius 1 is 1.16 bits per heavy atom. The lowest BCUT2D eigenvalue weighted by Crippen LogP contribution is -2.04. The van der Waals surface area contributed by atoms with E-state index in [-0.39, 0.29) is 5.82 Å². The fraction of sp³-hybridized carbons (Fsp3) is 0.200. The van der Waals surface area contributed by atoms with Crippen molar-refractivity contribution in [1.29, 1.82) is 0 Å². The first-order valence-electron chi connectivity index (χ1n) is 6.02. The van der Waals surface area contributed by atoms with Gasteiger partial charge in [0.2, 0.25) is 0 Å². The molecule has 100 valence electrons. The molecule has 2 rings (SSSR count). The molecule has 2 aromatic carbocycles. The Bertz CT molecular complexity index is 586. The molecular weight excluding hydrogens is 309 g/mol. The van der Waals surface area contributed by atoms with Gasteiger partial charge in [-0.3, -0.25) is 0 Å². The zero-order valence-electron chi connectivity index (χ0n) is 10.6. The van der Waals surface area contributed by atoms with E-state index in [1.54, 1.807) is 12.1 Å². The van der Waals surface area contributed by atoms with E-state index in [1.807, 2.05) is 25.1 Å². The fourth-order valence-corrected chi connectivity index (χ4v) is 2.20. The van der Waals surface area contributed by atoms with Crippen molar-refractivity contribution in [2.75, 3.05) is 6.54 Å². The number of ether oxygens (including phenoxy) is 1. The summed E-state index contributed by atoms with van der Waals surface area (Å²) >= 11 is 3.14. The van der Waals surface area contributed by atoms with Crippen LogP contribution in [-0.2, 0) is 6.42 Å². The van der Waals surface area contributed by atoms with Gasteiger partial charge in [0, 0.05) is 0 Å². The highest BCUT2D eigenvalue weighted by molar-refractivity contribution is 9.10. The predicted octanol–water partition coefficient (Wildman–Crippen LogP) is 4.19. The van der Waals surface area contributed by atoms with E-state index < -0.39 is 0 Å². The first kappa shape index (κ1) is 14.0. The Morgan fingerprint density at radius 3 is 2.47 bits per heavy atom. The Kier molecular flexibility index (Phi) is 4.56. The molecule has 0 saturated heterocycles. The highest BCUT2D eigenvalue weighted by atomic mass is 79.9. The molecule has 0 bridgehead atoms. The van der Waals surface area contributed by atoms with E-state index in [2.05, 4.69) is 15.9 Å². The van der Waals surface area contributed by atoms with Gasteiger partial charge in [0.25, 0.3) is 0 Å². The summed E-state index contributed by atoms with van der Waals surface area (Å²) in [6.07, 6.45) is 0.855. The van der Waals surface area contributed by atoms with Crippen LogP contribution in [0.25, 0.3) is 0 Å². The predicted molar refractivity (Wildman–Crippen MR) is 78.1 cm³/mol. The van der Waals surface area contributed by atoms with Crippen molar-refractivity contribution in [2.45, 2.75) is 13.3 Å². The quantitative estimate of drug-likeness (QED) is 0.915. The van der Waals surface area contributed by atoms with Crippen molar-refractivity contribution in [3.63, 3.8) is 0 Å². The van der Waals surface area contributed by atoms with E-state index in [1.165, 1.54) is 11.6 Å². The van der Waals surface area contributed by atoms with E-state index in [0.717, 1.165) is 17.7 Å². The summed E-state index contributed by atoms with van der Waals surface area (Å²) in [6.45, 7) is 2.66. The molecule has 0 aliphatic rings. The average molecular weight is 324 g/mol. The Hall–Kier alpha value is -1.39. The fourth-order valence-electron chi connectivity index (χ4n) is 1.84. The van der Waals surface area contributed by atoms with Crippen molar-refractivity contribution in [1.82, 2.24) is 0 Å². The van der Waals surface area contributed by atoms with Crippen molar-refractivity contribution in [3.8, 4) is 11.5 Å². The van der Waals surface area contributed by atoms with Gasteiger partial charge < -0.3 is 10.5 Å². The van der Waals surface area contributed by atoms with Crippen LogP contribution in [0.1, 0.15) is 11.1 Å². The molecule has 0 radical (unpaired) electrons. The summed E-state index contributed by atoms with van der Waals surface area (Å²) in [7, 11) is 0. The number of nitrogens with two attached hydrogens (primary N) is 1. The first-order valence-corrected chi connectivity index (χ1v) is 6.82. The molecule has 0 amide bonds. The topological polar surface area (TPSA) is 35.2 Å². The largest absolute Gasteiger partial charge is 0.457 e. The lowest BCUT2D eigenvalue weighted by atomic mass is 10.1. The number of hydrogen-bond donors (Lipinski definition) is 1. The second kappa shape index (κ2) is 6.17. The zero-order valence-corrected chi connectivity index (χ0v) is 12.2. The van der Waals surface area contributed by atoms with E-state index in [9.17, 15) is 4.39 Å². The highest BCUT2D eigenvalue weighted by Crippen LogP contribution is 2.27. The molecule has 4 heteroatoms. The third-order valence-electron chi connectivity index (χ3n) is 2.85. The maximum Gasteiger partial charge on any atom is 0.137 e. The standard InChI is InChI=1S/C15H15BrFNO/c1-10-8-12(3-2-11(10)6-7-18)19-13-4-5-15(17)14(16)9-13/h2-5,8-9H,6-7,18H2,1H3. The minimum atomic E-state index is -0.304. The molecule has 0 aliphatic heterocycles. The van der Waals surface area contributed by atoms with Gasteiger partial charge in [0.05, 0.1) is 4.47 Å². The maximum absolute atomic E-state index is 13.1. The smallest absolute Gasteiger partial charge is 0.137 e. The highest BCUT2D eigenvalue weighted by Gasteiger charge is 2.04. The second-order valence-electron chi connectivity index (χ2n) is 4.30. The van der Waals surface area contributed by atoms with Crippen molar-refractivity contribution < 1.29 is 9.13 Å². The van der Waals surface area contributed by atoms with Crippen LogP contribution in [0, 0.1) is 12.7 Å². The lowest BCUT2D eigenvalue weighted by Gasteiger charge is -2.10. The van der Waals surface area contributed by atoms with Gasteiger partial charge in [-0.25, -0.2) is 4.39 Å². The number of halogens is 2. The number of rotatable bonds is 4. The van der Waals surface area contributed by atoms with Crippen LogP contribution in [0.4, 0.5) is 4.39 Å². The summed E-state index contributed by atoms with van der Waals surface area (Å²) in [4.78, 5) is 0. The second-order valence-corrected chi connectivity index (χ2v) is 5.16. The summed E-state index contributed by atoms with van der Waals surface area (Å²) in [6, 6.07) is 10.4. The first-order chi connectivity index (χ1) is 9.10. The number of aryl methyl sites for hydroxylation is 1. The summed E-state index contributed by atoms with van der Waals surface area (Å²) in [5, 5.41) is 0. The van der Waals surface area contributed by atoms with Crippen LogP contribution in [0.2, 0.25) is 0 Å². The number of hydrogen-bond acceptors (Lipinski definition) is 2. The third kappa shape index (κ3) is 3.55. The molecule has 0 spiro atoms. The van der Waals surface area contributed by atoms with Crippen LogP contribution < -0.4 is 10.5 Å². The lowest BCUT2D eigenvalue weighted by molar-refractivity contribution is 0.479. The zero-order chi connectivity index (χ0) is 13.8. The van der Waals surface area contributed by atoms with E-state index >= 15 is 0 Å². The normalized spacial score (nSPS) is 10.5. The minimum Gasteiger partial charge on any atom is -0.457 e. The van der Waals surface area contributed by atoms with Gasteiger partial charge in [-0.1, -0.05) is 6.07 Å². The summed E-state index contributed by atoms with van der Waals surface area (Å²) in [5.74, 6) is 1.03. The molecule has 2 N–H and O–H groups in total. The van der Waals surface area contributed by atoms with Gasteiger partial charge in [-0.05, 0) is 77.3 Å². The van der Waals surface area contributed by atoms with Gasteiger partial charge in [0.15, 0.2) is 0 Å². The Morgan fingerprint density at radius 2 is 1.84 bits per heavy atom. The molecule has 0 aliphatic carbocycles. The third-order valence-corrected chi connectivity index (χ3v) is 3.46. The average Bonchev–Trinajstić information content (AvgIpc) is 2.37. The monoisotopic (exact) mass is 323 g/mol. The molecule has 0 aromatic heterocycles. The molecule has 0 atom stereocenters. The van der Waals surface area contributed by atoms with Crippen molar-refractivity contribution in [3.05, 3.63) is 57.8 Å². The van der Waals surface area contributed by atoms with Crippen molar-refractivity contribution in [2.24, 2.45) is 5.73 Å². The minimum absolute atomic E-state index is 0.304. The molecular formula is C15H15BrFNO. The Balaban J connectivity index is 2.19. The van der Waals surface area contributed by atoms with Crippen LogP contribution in [0.3, 0.4) is 0 Å². The molecule has 2 nitrogen and oxygen atoms in total. The molecule has 0 fully saturated rings. The maximum atomic E-state index is 13.1. The molecule has 2 aromatic rings. The molecule has 0 saturated carbocycles. The molecule has 19 heavy (non-hydrogen) atoms. The van der Waals surface area contributed by atoms with Crippen LogP contribution >= 0.6 is 15.9 Å². The van der Waals surface area contributed by atoms with Crippen LogP contribution in [0.15, 0.2) is 40.9 Å². The van der Waals surface area contributed by atoms with Crippen LogP contribution in [0.5, 0.6) is 11.5 Å². The van der Waals surface area contributed by atoms with Crippen molar-refractivity contribution >= 4 is 15.9 Å². The SMILES string of the molecule is Cc1cc(Oc2ccc(F)c(Br)c2)ccc1CCN. The van der Waals surface area contributed by atoms with Gasteiger partial charge in [0.1, 0.15) is 17.3 Å². The number of benzene rings is 2. The van der Waals surface area contributed by atoms with Gasteiger partial charge >= 0.3 is 0 Å². The van der Waals surface area contributed by atoms with Crippen LogP contribution in [-0.4, -0.2) is 6.54 Å². The summed E-state index contributed by atoms with van der Waals surface area (Å²) < 4.78 is 19.2. The molecule has 0 heterocycles. The van der Waals surface area contributed by atoms with Gasteiger partial charge in [-0.15, -0.1) is 0 Å². The molecule has 0 unspecified atom stereocenters. The van der Waals surface area contributed by atoms with E-state index in [0.29, 0.717) is 16.8 Å². The summed E-state index contributed by atoms with van der Waals surface area (Å²) in [5.41, 5.74) is 7.91.